The van der Waals surface area contributed by atoms with Gasteiger partial charge in [-0.05, 0) is 42.9 Å². The third kappa shape index (κ3) is 3.88. The van der Waals surface area contributed by atoms with E-state index in [1.54, 1.807) is 0 Å². The molecule has 1 N–H and O–H groups in total. The van der Waals surface area contributed by atoms with Crippen molar-refractivity contribution in [3.63, 3.8) is 0 Å². The molecule has 2 aromatic rings. The van der Waals surface area contributed by atoms with E-state index >= 15 is 0 Å². The fraction of sp³-hybridized carbons (Fsp3) is 0.476. The van der Waals surface area contributed by atoms with Crippen LogP contribution in [0, 0.1) is 17.2 Å². The summed E-state index contributed by atoms with van der Waals surface area (Å²) in [6, 6.07) is 9.86. The van der Waals surface area contributed by atoms with Gasteiger partial charge < -0.3 is 4.90 Å². The van der Waals surface area contributed by atoms with E-state index in [9.17, 15) is 4.79 Å². The van der Waals surface area contributed by atoms with Crippen LogP contribution in [0.25, 0.3) is 0 Å². The summed E-state index contributed by atoms with van der Waals surface area (Å²) < 4.78 is 0. The molecule has 4 rings (SSSR count). The molecule has 0 spiro atoms. The van der Waals surface area contributed by atoms with E-state index in [0.717, 1.165) is 68.6 Å². The van der Waals surface area contributed by atoms with Gasteiger partial charge in [0.15, 0.2) is 0 Å². The van der Waals surface area contributed by atoms with E-state index < -0.39 is 0 Å². The van der Waals surface area contributed by atoms with Crippen LogP contribution in [0.1, 0.15) is 42.1 Å². The standard InChI is InChI=1S/C21H25N5O/c1-15-6-10-26(11-7-15)21-23-19-14-25(9-8-18(19)20(27)24-21)13-17-4-2-16(12-22)3-5-17/h2-5,15H,6-11,13-14H2,1H3,(H,23,24,27). The molecule has 0 amide bonds. The normalized spacial score (nSPS) is 18.1. The Morgan fingerprint density at radius 2 is 1.96 bits per heavy atom. The van der Waals surface area contributed by atoms with Gasteiger partial charge in [-0.1, -0.05) is 19.1 Å². The summed E-state index contributed by atoms with van der Waals surface area (Å²) in [4.78, 5) is 24.9. The van der Waals surface area contributed by atoms with Crippen molar-refractivity contribution in [3.8, 4) is 6.07 Å². The van der Waals surface area contributed by atoms with Gasteiger partial charge >= 0.3 is 0 Å². The number of H-pyrrole nitrogens is 1. The summed E-state index contributed by atoms with van der Waals surface area (Å²) in [5.41, 5.74) is 3.61. The number of hydrogen-bond acceptors (Lipinski definition) is 5. The van der Waals surface area contributed by atoms with Gasteiger partial charge in [0.2, 0.25) is 5.95 Å². The lowest BCUT2D eigenvalue weighted by Gasteiger charge is -2.32. The molecule has 1 saturated heterocycles. The SMILES string of the molecule is CC1CCN(c2nc3c(c(=O)[nH]2)CCN(Cc2ccc(C#N)cc2)C3)CC1. The molecule has 27 heavy (non-hydrogen) atoms. The molecule has 2 aliphatic heterocycles. The van der Waals surface area contributed by atoms with Gasteiger partial charge in [-0.25, -0.2) is 4.98 Å². The average molecular weight is 363 g/mol. The summed E-state index contributed by atoms with van der Waals surface area (Å²) in [6.07, 6.45) is 3.02. The first-order chi connectivity index (χ1) is 13.1. The predicted molar refractivity (Wildman–Crippen MR) is 104 cm³/mol. The van der Waals surface area contributed by atoms with Crippen LogP contribution in [-0.2, 0) is 19.5 Å². The van der Waals surface area contributed by atoms with Crippen molar-refractivity contribution in [2.75, 3.05) is 24.5 Å². The first-order valence-corrected chi connectivity index (χ1v) is 9.71. The van der Waals surface area contributed by atoms with Crippen molar-refractivity contribution in [1.82, 2.24) is 14.9 Å². The predicted octanol–water partition coefficient (Wildman–Crippen LogP) is 2.44. The molecule has 0 unspecified atom stereocenters. The highest BCUT2D eigenvalue weighted by molar-refractivity contribution is 5.35. The third-order valence-electron chi connectivity index (χ3n) is 5.71. The van der Waals surface area contributed by atoms with Crippen LogP contribution in [-0.4, -0.2) is 34.5 Å². The summed E-state index contributed by atoms with van der Waals surface area (Å²) in [5, 5.41) is 8.93. The molecule has 1 aromatic heterocycles. The summed E-state index contributed by atoms with van der Waals surface area (Å²) >= 11 is 0. The van der Waals surface area contributed by atoms with Crippen LogP contribution < -0.4 is 10.5 Å². The second-order valence-electron chi connectivity index (χ2n) is 7.75. The smallest absolute Gasteiger partial charge is 0.255 e. The molecule has 0 saturated carbocycles. The minimum atomic E-state index is 0.0200. The lowest BCUT2D eigenvalue weighted by Crippen LogP contribution is -2.39. The minimum Gasteiger partial charge on any atom is -0.342 e. The number of anilines is 1. The van der Waals surface area contributed by atoms with E-state index in [1.165, 1.54) is 5.56 Å². The number of aromatic nitrogens is 2. The zero-order valence-corrected chi connectivity index (χ0v) is 15.7. The van der Waals surface area contributed by atoms with Crippen molar-refractivity contribution in [2.45, 2.75) is 39.3 Å². The van der Waals surface area contributed by atoms with E-state index in [-0.39, 0.29) is 5.56 Å². The monoisotopic (exact) mass is 363 g/mol. The number of nitrogens with one attached hydrogen (secondary N) is 1. The maximum Gasteiger partial charge on any atom is 0.255 e. The van der Waals surface area contributed by atoms with Crippen LogP contribution in [0.3, 0.4) is 0 Å². The van der Waals surface area contributed by atoms with Gasteiger partial charge in [0.05, 0.1) is 17.3 Å². The first kappa shape index (κ1) is 17.7. The van der Waals surface area contributed by atoms with E-state index in [4.69, 9.17) is 10.2 Å². The highest BCUT2D eigenvalue weighted by Crippen LogP contribution is 2.22. The van der Waals surface area contributed by atoms with Crippen LogP contribution in [0.15, 0.2) is 29.1 Å². The van der Waals surface area contributed by atoms with E-state index in [0.29, 0.717) is 12.1 Å². The Labute approximate surface area is 159 Å². The van der Waals surface area contributed by atoms with Crippen molar-refractivity contribution >= 4 is 5.95 Å². The first-order valence-electron chi connectivity index (χ1n) is 9.71. The average Bonchev–Trinajstić information content (AvgIpc) is 2.69. The van der Waals surface area contributed by atoms with Crippen molar-refractivity contribution in [2.24, 2.45) is 5.92 Å². The third-order valence-corrected chi connectivity index (χ3v) is 5.71. The van der Waals surface area contributed by atoms with E-state index in [1.807, 2.05) is 24.3 Å². The molecule has 3 heterocycles. The summed E-state index contributed by atoms with van der Waals surface area (Å²) in [5.74, 6) is 1.47. The molecule has 140 valence electrons. The summed E-state index contributed by atoms with van der Waals surface area (Å²) in [7, 11) is 0. The lowest BCUT2D eigenvalue weighted by molar-refractivity contribution is 0.240. The van der Waals surface area contributed by atoms with E-state index in [2.05, 4.69) is 27.8 Å². The zero-order chi connectivity index (χ0) is 18.8. The highest BCUT2D eigenvalue weighted by atomic mass is 16.1. The number of nitriles is 1. The second-order valence-corrected chi connectivity index (χ2v) is 7.75. The maximum absolute atomic E-state index is 12.6. The Morgan fingerprint density at radius 3 is 2.67 bits per heavy atom. The van der Waals surface area contributed by atoms with Crippen LogP contribution in [0.5, 0.6) is 0 Å². The van der Waals surface area contributed by atoms with Gasteiger partial charge in [-0.2, -0.15) is 5.26 Å². The van der Waals surface area contributed by atoms with Crippen molar-refractivity contribution < 1.29 is 0 Å². The number of nitrogens with zero attached hydrogens (tertiary/aromatic N) is 4. The minimum absolute atomic E-state index is 0.0200. The molecular weight excluding hydrogens is 338 g/mol. The van der Waals surface area contributed by atoms with Gasteiger partial charge in [-0.3, -0.25) is 14.7 Å². The number of rotatable bonds is 3. The Bertz CT molecular complexity index is 904. The molecule has 0 radical (unpaired) electrons. The molecule has 6 nitrogen and oxygen atoms in total. The molecule has 2 aliphatic rings. The number of hydrogen-bond donors (Lipinski definition) is 1. The number of benzene rings is 1. The molecule has 0 aliphatic carbocycles. The van der Waals surface area contributed by atoms with Gasteiger partial charge in [-0.15, -0.1) is 0 Å². The Morgan fingerprint density at radius 1 is 1.22 bits per heavy atom. The fourth-order valence-electron chi connectivity index (χ4n) is 3.93. The summed E-state index contributed by atoms with van der Waals surface area (Å²) in [6.45, 7) is 6.53. The number of piperidine rings is 1. The quantitative estimate of drug-likeness (QED) is 0.906. The van der Waals surface area contributed by atoms with Crippen LogP contribution >= 0.6 is 0 Å². The Kier molecular flexibility index (Phi) is 4.95. The Hall–Kier alpha value is -2.65. The molecule has 6 heteroatoms. The lowest BCUT2D eigenvalue weighted by atomic mass is 9.99. The van der Waals surface area contributed by atoms with Crippen molar-refractivity contribution in [1.29, 1.82) is 5.26 Å². The maximum atomic E-state index is 12.6. The largest absolute Gasteiger partial charge is 0.342 e. The van der Waals surface area contributed by atoms with Crippen LogP contribution in [0.4, 0.5) is 5.95 Å². The zero-order valence-electron chi connectivity index (χ0n) is 15.7. The van der Waals surface area contributed by atoms with Crippen molar-refractivity contribution in [3.05, 3.63) is 57.0 Å². The van der Waals surface area contributed by atoms with Gasteiger partial charge in [0.1, 0.15) is 0 Å². The van der Waals surface area contributed by atoms with Gasteiger partial charge in [0, 0.05) is 38.3 Å². The topological polar surface area (TPSA) is 76.0 Å². The fourth-order valence-corrected chi connectivity index (χ4v) is 3.93. The van der Waals surface area contributed by atoms with Gasteiger partial charge in [0.25, 0.3) is 5.56 Å². The molecule has 1 fully saturated rings. The molecule has 0 bridgehead atoms. The molecular formula is C21H25N5O. The Balaban J connectivity index is 1.50. The number of aromatic amines is 1. The molecule has 1 aromatic carbocycles. The molecule has 0 atom stereocenters. The highest BCUT2D eigenvalue weighted by Gasteiger charge is 2.24. The second kappa shape index (κ2) is 7.53. The van der Waals surface area contributed by atoms with Crippen LogP contribution in [0.2, 0.25) is 0 Å². The number of fused-ring (bicyclic) bond motifs is 1.